The summed E-state index contributed by atoms with van der Waals surface area (Å²) < 4.78 is 76.2. The zero-order valence-corrected chi connectivity index (χ0v) is 14.1. The van der Waals surface area contributed by atoms with Crippen molar-refractivity contribution in [2.24, 2.45) is 0 Å². The Morgan fingerprint density at radius 3 is 2.62 bits per heavy atom. The largest absolute Gasteiger partial charge is 0.493 e. The summed E-state index contributed by atoms with van der Waals surface area (Å²) in [7, 11) is 3.62. The molecule has 24 heavy (non-hydrogen) atoms. The van der Waals surface area contributed by atoms with Crippen molar-refractivity contribution < 1.29 is 21.7 Å². The van der Waals surface area contributed by atoms with Gasteiger partial charge in [0.25, 0.3) is 0 Å². The SMILES string of the molecule is [2H]C([2H])(F)C([2H])([2H])C([2H])([2H])Oc1ccc(Sc2ccc(F)cc2N)c(CN(C)C)c1. The van der Waals surface area contributed by atoms with Crippen LogP contribution in [0, 0.1) is 5.82 Å². The van der Waals surface area contributed by atoms with Crippen LogP contribution in [0.3, 0.4) is 0 Å². The number of ether oxygens (including phenoxy) is 1. The van der Waals surface area contributed by atoms with Crippen LogP contribution < -0.4 is 10.5 Å². The van der Waals surface area contributed by atoms with Crippen molar-refractivity contribution in [3.8, 4) is 5.75 Å². The molecule has 0 fully saturated rings. The fraction of sp³-hybridized carbons (Fsp3) is 0.333. The van der Waals surface area contributed by atoms with Crippen molar-refractivity contribution in [2.75, 3.05) is 33.0 Å². The lowest BCUT2D eigenvalue weighted by molar-refractivity contribution is 0.288. The van der Waals surface area contributed by atoms with E-state index in [2.05, 4.69) is 0 Å². The zero-order valence-electron chi connectivity index (χ0n) is 19.3. The van der Waals surface area contributed by atoms with Crippen molar-refractivity contribution >= 4 is 17.4 Å². The highest BCUT2D eigenvalue weighted by Crippen LogP contribution is 2.36. The van der Waals surface area contributed by atoms with Gasteiger partial charge in [0.1, 0.15) is 11.6 Å². The lowest BCUT2D eigenvalue weighted by atomic mass is 10.2. The average molecular weight is 358 g/mol. The maximum atomic E-state index is 13.6. The lowest BCUT2D eigenvalue weighted by Crippen LogP contribution is -2.11. The van der Waals surface area contributed by atoms with Crippen LogP contribution in [0.15, 0.2) is 46.2 Å². The summed E-state index contributed by atoms with van der Waals surface area (Å²) in [5.74, 6) is -0.556. The minimum absolute atomic E-state index is 0.0959. The molecule has 2 aromatic rings. The van der Waals surface area contributed by atoms with Gasteiger partial charge in [0, 0.05) is 31.1 Å². The summed E-state index contributed by atoms with van der Waals surface area (Å²) in [5.41, 5.74) is 6.79. The van der Waals surface area contributed by atoms with E-state index in [4.69, 9.17) is 18.7 Å². The van der Waals surface area contributed by atoms with Gasteiger partial charge in [0.05, 0.1) is 18.7 Å². The van der Waals surface area contributed by atoms with Gasteiger partial charge in [-0.1, -0.05) is 11.8 Å². The number of nitrogen functional groups attached to an aromatic ring is 1. The summed E-state index contributed by atoms with van der Waals surface area (Å²) in [5, 5.41) is 0. The maximum absolute atomic E-state index is 13.6. The highest BCUT2D eigenvalue weighted by Gasteiger charge is 2.10. The van der Waals surface area contributed by atoms with E-state index >= 15 is 0 Å². The molecule has 0 saturated carbocycles. The first-order chi connectivity index (χ1) is 13.6. The normalized spacial score (nSPS) is 16.5. The molecule has 0 amide bonds. The molecule has 2 N–H and O–H groups in total. The van der Waals surface area contributed by atoms with Crippen LogP contribution in [-0.4, -0.2) is 32.2 Å². The van der Waals surface area contributed by atoms with Crippen LogP contribution in [0.4, 0.5) is 14.5 Å². The summed E-state index contributed by atoms with van der Waals surface area (Å²) in [6.45, 7) is -6.84. The third kappa shape index (κ3) is 5.39. The maximum Gasteiger partial charge on any atom is 0.125 e. The van der Waals surface area contributed by atoms with Crippen LogP contribution in [0.1, 0.15) is 20.2 Å². The number of nitrogens with two attached hydrogens (primary N) is 1. The molecule has 0 spiro atoms. The van der Waals surface area contributed by atoms with E-state index in [-0.39, 0.29) is 11.4 Å². The molecule has 130 valence electrons. The Morgan fingerprint density at radius 1 is 1.21 bits per heavy atom. The Bertz CT molecular complexity index is 909. The first kappa shape index (κ1) is 11.7. The van der Waals surface area contributed by atoms with Crippen LogP contribution in [0.2, 0.25) is 0 Å². The molecule has 0 heterocycles. The highest BCUT2D eigenvalue weighted by atomic mass is 32.2. The molecular weight excluding hydrogens is 330 g/mol. The summed E-state index contributed by atoms with van der Waals surface area (Å²) in [6, 6.07) is 8.44. The van der Waals surface area contributed by atoms with Gasteiger partial charge in [-0.2, -0.15) is 0 Å². The molecular formula is C18H22F2N2OS. The molecule has 0 aliphatic carbocycles. The minimum Gasteiger partial charge on any atom is -0.493 e. The first-order valence-electron chi connectivity index (χ1n) is 10.0. The van der Waals surface area contributed by atoms with Crippen molar-refractivity contribution in [3.05, 3.63) is 47.8 Å². The van der Waals surface area contributed by atoms with Crippen molar-refractivity contribution in [1.29, 1.82) is 0 Å². The van der Waals surface area contributed by atoms with Crippen LogP contribution in [0.5, 0.6) is 5.75 Å². The van der Waals surface area contributed by atoms with E-state index in [1.807, 2.05) is 19.0 Å². The molecule has 0 radical (unpaired) electrons. The molecule has 6 heteroatoms. The molecule has 2 rings (SSSR count). The van der Waals surface area contributed by atoms with Gasteiger partial charge in [-0.15, -0.1) is 0 Å². The van der Waals surface area contributed by atoms with E-state index in [1.54, 1.807) is 6.07 Å². The van der Waals surface area contributed by atoms with Crippen LogP contribution >= 0.6 is 11.8 Å². The van der Waals surface area contributed by atoms with E-state index in [1.165, 1.54) is 42.1 Å². The fourth-order valence-electron chi connectivity index (χ4n) is 2.02. The van der Waals surface area contributed by atoms with Gasteiger partial charge >= 0.3 is 0 Å². The molecule has 0 aliphatic rings. The Labute approximate surface area is 154 Å². The van der Waals surface area contributed by atoms with Crippen molar-refractivity contribution in [1.82, 2.24) is 4.90 Å². The van der Waals surface area contributed by atoms with E-state index < -0.39 is 25.4 Å². The Balaban J connectivity index is 2.38. The number of hydrogen-bond donors (Lipinski definition) is 1. The zero-order chi connectivity index (χ0) is 22.9. The monoisotopic (exact) mass is 358 g/mol. The molecule has 3 nitrogen and oxygen atoms in total. The standard InChI is InChI=1S/C18H22F2N2OS/c1-22(2)12-13-10-15(23-9-3-8-19)5-7-17(13)24-18-6-4-14(20)11-16(18)21/h4-7,10-11H,3,8-9,12,21H2,1-2H3/i3D2,8D2,9D2. The number of alkyl halides is 1. The fourth-order valence-corrected chi connectivity index (χ4v) is 2.96. The molecule has 0 bridgehead atoms. The summed E-state index contributed by atoms with van der Waals surface area (Å²) in [6.07, 6.45) is -3.56. The Kier molecular flexibility index (Phi) is 4.34. The second-order valence-corrected chi connectivity index (χ2v) is 6.30. The first-order valence-corrected chi connectivity index (χ1v) is 7.84. The van der Waals surface area contributed by atoms with Gasteiger partial charge in [-0.3, -0.25) is 4.39 Å². The predicted molar refractivity (Wildman–Crippen MR) is 94.9 cm³/mol. The number of rotatable bonds is 8. The third-order valence-corrected chi connectivity index (χ3v) is 4.19. The van der Waals surface area contributed by atoms with E-state index in [0.29, 0.717) is 17.0 Å². The average Bonchev–Trinajstić information content (AvgIpc) is 2.57. The molecule has 0 aliphatic heterocycles. The van der Waals surface area contributed by atoms with Crippen molar-refractivity contribution in [3.63, 3.8) is 0 Å². The number of anilines is 1. The second kappa shape index (κ2) is 8.89. The number of hydrogen-bond acceptors (Lipinski definition) is 4. The smallest absolute Gasteiger partial charge is 0.125 e. The molecule has 2 aromatic carbocycles. The molecule has 0 aromatic heterocycles. The quantitative estimate of drug-likeness (QED) is 0.712. The van der Waals surface area contributed by atoms with Crippen LogP contribution in [-0.2, 0) is 6.54 Å². The minimum atomic E-state index is -3.96. The molecule has 0 unspecified atom stereocenters. The summed E-state index contributed by atoms with van der Waals surface area (Å²) in [4.78, 5) is 3.17. The Morgan fingerprint density at radius 2 is 1.96 bits per heavy atom. The van der Waals surface area contributed by atoms with Gasteiger partial charge < -0.3 is 15.4 Å². The van der Waals surface area contributed by atoms with E-state index in [9.17, 15) is 8.78 Å². The van der Waals surface area contributed by atoms with Crippen LogP contribution in [0.25, 0.3) is 0 Å². The third-order valence-electron chi connectivity index (χ3n) is 2.98. The van der Waals surface area contributed by atoms with Gasteiger partial charge in [0.15, 0.2) is 0 Å². The van der Waals surface area contributed by atoms with E-state index in [0.717, 1.165) is 4.90 Å². The lowest BCUT2D eigenvalue weighted by Gasteiger charge is -2.16. The number of halogens is 2. The number of benzene rings is 2. The predicted octanol–water partition coefficient (Wildman–Crippen LogP) is 4.36. The van der Waals surface area contributed by atoms with Gasteiger partial charge in [0.2, 0.25) is 0 Å². The van der Waals surface area contributed by atoms with Gasteiger partial charge in [-0.05, 0) is 56.1 Å². The topological polar surface area (TPSA) is 38.5 Å². The number of nitrogens with zero attached hydrogens (tertiary/aromatic N) is 1. The molecule has 0 saturated heterocycles. The molecule has 0 atom stereocenters. The van der Waals surface area contributed by atoms with Gasteiger partial charge in [-0.25, -0.2) is 4.39 Å². The highest BCUT2D eigenvalue weighted by molar-refractivity contribution is 7.99. The summed E-state index contributed by atoms with van der Waals surface area (Å²) >= 11 is 1.27. The Hall–Kier alpha value is -1.79. The van der Waals surface area contributed by atoms with Crippen molar-refractivity contribution in [2.45, 2.75) is 22.7 Å². The second-order valence-electron chi connectivity index (χ2n) is 5.22.